The molecule has 0 spiro atoms. The van der Waals surface area contributed by atoms with Gasteiger partial charge in [-0.3, -0.25) is 9.59 Å². The molecule has 2 aromatic carbocycles. The van der Waals surface area contributed by atoms with Crippen LogP contribution in [-0.4, -0.2) is 59.7 Å². The second-order valence-electron chi connectivity index (χ2n) is 10.2. The van der Waals surface area contributed by atoms with E-state index in [0.717, 1.165) is 78.9 Å². The zero-order chi connectivity index (χ0) is 27.6. The number of nitrogens with zero attached hydrogens (tertiary/aromatic N) is 1. The minimum Gasteiger partial charge on any atom is -0.506 e. The van der Waals surface area contributed by atoms with Gasteiger partial charge in [0.25, 0.3) is 0 Å². The molecule has 1 aromatic heterocycles. The van der Waals surface area contributed by atoms with Crippen LogP contribution in [0.1, 0.15) is 56.1 Å². The van der Waals surface area contributed by atoms with E-state index in [2.05, 4.69) is 15.6 Å². The summed E-state index contributed by atoms with van der Waals surface area (Å²) in [5, 5.41) is 17.1. The number of carbonyl (C=O) groups excluding carboxylic acids is 1. The summed E-state index contributed by atoms with van der Waals surface area (Å²) >= 11 is 7.36. The smallest absolute Gasteiger partial charge is 0.305 e. The Morgan fingerprint density at radius 2 is 1.74 bits per heavy atom. The molecule has 1 amide bonds. The third-order valence-electron chi connectivity index (χ3n) is 7.43. The lowest BCUT2D eigenvalue weighted by Gasteiger charge is -2.32. The van der Waals surface area contributed by atoms with Crippen molar-refractivity contribution in [2.75, 3.05) is 32.7 Å². The van der Waals surface area contributed by atoms with E-state index in [1.54, 1.807) is 12.1 Å². The van der Waals surface area contributed by atoms with Crippen molar-refractivity contribution < 1.29 is 14.3 Å². The predicted octanol–water partition coefficient (Wildman–Crippen LogP) is 4.99. The van der Waals surface area contributed by atoms with E-state index in [1.165, 1.54) is 25.0 Å². The fraction of sp³-hybridized carbons (Fsp3) is 0.517. The van der Waals surface area contributed by atoms with Gasteiger partial charge in [-0.05, 0) is 61.6 Å². The zero-order valence-electron chi connectivity index (χ0n) is 22.2. The van der Waals surface area contributed by atoms with Crippen molar-refractivity contribution in [2.45, 2.75) is 63.8 Å². The molecule has 1 saturated carbocycles. The first-order valence-corrected chi connectivity index (χ1v) is 15.1. The van der Waals surface area contributed by atoms with E-state index in [-0.39, 0.29) is 28.4 Å². The average Bonchev–Trinajstić information content (AvgIpc) is 3.12. The van der Waals surface area contributed by atoms with E-state index in [9.17, 15) is 19.1 Å². The third kappa shape index (κ3) is 8.51. The van der Waals surface area contributed by atoms with Gasteiger partial charge in [0.15, 0.2) is 0 Å². The summed E-state index contributed by atoms with van der Waals surface area (Å²) in [6.07, 6.45) is 8.61. The molecule has 7 nitrogen and oxygen atoms in total. The zero-order valence-corrected chi connectivity index (χ0v) is 23.8. The summed E-state index contributed by atoms with van der Waals surface area (Å²) in [7, 11) is 0. The summed E-state index contributed by atoms with van der Waals surface area (Å²) in [5.41, 5.74) is 2.40. The topological polar surface area (TPSA) is 97.5 Å². The molecule has 4 rings (SSSR count). The summed E-state index contributed by atoms with van der Waals surface area (Å²) < 4.78 is 14.3. The second kappa shape index (κ2) is 14.8. The average molecular weight is 577 g/mol. The number of nitrogens with one attached hydrogen (secondary N) is 3. The number of phenols is 1. The molecule has 212 valence electrons. The summed E-state index contributed by atoms with van der Waals surface area (Å²) in [5.74, 6) is -0.101. The normalized spacial score (nSPS) is 14.5. The van der Waals surface area contributed by atoms with Crippen LogP contribution in [0.15, 0.2) is 35.1 Å². The molecule has 10 heteroatoms. The number of aromatic amines is 1. The number of rotatable bonds is 13. The molecule has 3 aromatic rings. The molecule has 0 bridgehead atoms. The molecule has 0 saturated heterocycles. The summed E-state index contributed by atoms with van der Waals surface area (Å²) in [4.78, 5) is 29.5. The van der Waals surface area contributed by atoms with Crippen LogP contribution in [0.25, 0.3) is 10.2 Å². The van der Waals surface area contributed by atoms with E-state index in [1.807, 2.05) is 11.0 Å². The van der Waals surface area contributed by atoms with Crippen LogP contribution in [0, 0.1) is 5.82 Å². The quantitative estimate of drug-likeness (QED) is 0.170. The van der Waals surface area contributed by atoms with Gasteiger partial charge < -0.3 is 25.6 Å². The van der Waals surface area contributed by atoms with Crippen LogP contribution in [-0.2, 0) is 17.6 Å². The van der Waals surface area contributed by atoms with Crippen molar-refractivity contribution >= 4 is 39.1 Å². The number of H-pyrrole nitrogens is 1. The second-order valence-corrected chi connectivity index (χ2v) is 11.6. The molecule has 0 aliphatic heterocycles. The van der Waals surface area contributed by atoms with Gasteiger partial charge in [0.2, 0.25) is 5.91 Å². The van der Waals surface area contributed by atoms with Crippen LogP contribution in [0.5, 0.6) is 5.75 Å². The van der Waals surface area contributed by atoms with Gasteiger partial charge in [0.1, 0.15) is 17.1 Å². The van der Waals surface area contributed by atoms with E-state index < -0.39 is 0 Å². The van der Waals surface area contributed by atoms with Crippen molar-refractivity contribution in [1.82, 2.24) is 20.5 Å². The lowest BCUT2D eigenvalue weighted by atomic mass is 10.0. The lowest BCUT2D eigenvalue weighted by Crippen LogP contribution is -2.42. The highest BCUT2D eigenvalue weighted by Gasteiger charge is 2.24. The Morgan fingerprint density at radius 1 is 1.03 bits per heavy atom. The van der Waals surface area contributed by atoms with Crippen LogP contribution in [0.4, 0.5) is 4.39 Å². The largest absolute Gasteiger partial charge is 0.506 e. The first-order valence-electron chi connectivity index (χ1n) is 13.9. The van der Waals surface area contributed by atoms with Gasteiger partial charge >= 0.3 is 4.87 Å². The number of fused-ring (bicyclic) bond motifs is 1. The number of hydrogen-bond donors (Lipinski definition) is 4. The van der Waals surface area contributed by atoms with Gasteiger partial charge in [-0.25, -0.2) is 4.39 Å². The Bertz CT molecular complexity index is 1290. The number of halogens is 2. The molecule has 1 fully saturated rings. The molecule has 4 N–H and O–H groups in total. The first kappa shape index (κ1) is 29.5. The van der Waals surface area contributed by atoms with Gasteiger partial charge in [-0.1, -0.05) is 60.8 Å². The Hall–Kier alpha value is -2.46. The monoisotopic (exact) mass is 576 g/mol. The maximum atomic E-state index is 13.4. The lowest BCUT2D eigenvalue weighted by molar-refractivity contribution is -0.133. The fourth-order valence-corrected chi connectivity index (χ4v) is 6.46. The number of amides is 1. The van der Waals surface area contributed by atoms with Crippen molar-refractivity contribution in [2.24, 2.45) is 0 Å². The first-order chi connectivity index (χ1) is 18.9. The Morgan fingerprint density at radius 3 is 2.49 bits per heavy atom. The molecule has 1 aliphatic carbocycles. The van der Waals surface area contributed by atoms with Crippen molar-refractivity contribution in [3.8, 4) is 5.75 Å². The minimum atomic E-state index is -0.349. The molecular formula is C29H38ClFN4O3S. The van der Waals surface area contributed by atoms with Crippen molar-refractivity contribution in [1.29, 1.82) is 0 Å². The maximum Gasteiger partial charge on any atom is 0.305 e. The van der Waals surface area contributed by atoms with Gasteiger partial charge in [0.05, 0.1) is 4.70 Å². The van der Waals surface area contributed by atoms with E-state index >= 15 is 0 Å². The Kier molecular flexibility index (Phi) is 11.2. The molecule has 0 unspecified atom stereocenters. The van der Waals surface area contributed by atoms with Crippen LogP contribution in [0.2, 0.25) is 5.02 Å². The summed E-state index contributed by atoms with van der Waals surface area (Å²) in [6, 6.07) is 8.20. The van der Waals surface area contributed by atoms with Gasteiger partial charge in [0, 0.05) is 43.7 Å². The van der Waals surface area contributed by atoms with E-state index in [0.29, 0.717) is 36.5 Å². The Balaban J connectivity index is 1.19. The van der Waals surface area contributed by atoms with Crippen LogP contribution < -0.4 is 15.5 Å². The molecule has 0 radical (unpaired) electrons. The molecular weight excluding hydrogens is 539 g/mol. The molecule has 1 aliphatic rings. The molecule has 1 heterocycles. The van der Waals surface area contributed by atoms with Gasteiger partial charge in [-0.2, -0.15) is 0 Å². The highest BCUT2D eigenvalue weighted by molar-refractivity contribution is 7.16. The summed E-state index contributed by atoms with van der Waals surface area (Å²) in [6.45, 7) is 3.44. The van der Waals surface area contributed by atoms with Gasteiger partial charge in [-0.15, -0.1) is 0 Å². The number of hydrogen-bond acceptors (Lipinski definition) is 6. The SMILES string of the molecule is O=C(CCNCCNCCc1ccc(O)c2[nH]c(=O)sc12)N(CCc1ccc(F)cc1Cl)C1CCCCCC1. The van der Waals surface area contributed by atoms with E-state index in [4.69, 9.17) is 11.6 Å². The third-order valence-corrected chi connectivity index (χ3v) is 8.74. The highest BCUT2D eigenvalue weighted by Crippen LogP contribution is 2.28. The number of aromatic nitrogens is 1. The number of benzene rings is 2. The molecule has 39 heavy (non-hydrogen) atoms. The van der Waals surface area contributed by atoms with Crippen LogP contribution >= 0.6 is 22.9 Å². The highest BCUT2D eigenvalue weighted by atomic mass is 35.5. The Labute approximate surface area is 237 Å². The standard InChI is InChI=1S/C29H38ClFN4O3S/c30-24-19-22(31)9-7-20(24)13-18-35(23-5-3-1-2-4-6-23)26(37)12-15-33-17-16-32-14-11-21-8-10-25(36)27-28(21)39-29(38)34-27/h7-10,19,23,32-33,36H,1-6,11-18H2,(H,34,38). The number of thiazole rings is 1. The van der Waals surface area contributed by atoms with Crippen molar-refractivity contribution in [3.05, 3.63) is 62.0 Å². The fourth-order valence-electron chi connectivity index (χ4n) is 5.30. The number of aromatic hydroxyl groups is 1. The van der Waals surface area contributed by atoms with Crippen molar-refractivity contribution in [3.63, 3.8) is 0 Å². The maximum absolute atomic E-state index is 13.4. The number of phenolic OH excluding ortho intramolecular Hbond substituents is 1. The minimum absolute atomic E-state index is 0.0932. The predicted molar refractivity (Wildman–Crippen MR) is 156 cm³/mol. The number of carbonyl (C=O) groups is 1. The molecule has 0 atom stereocenters. The van der Waals surface area contributed by atoms with Crippen LogP contribution in [0.3, 0.4) is 0 Å².